The summed E-state index contributed by atoms with van der Waals surface area (Å²) in [5.41, 5.74) is 0. The van der Waals surface area contributed by atoms with Crippen LogP contribution in [0, 0.1) is 6.92 Å². The van der Waals surface area contributed by atoms with Gasteiger partial charge in [0.05, 0.1) is 0 Å². The lowest BCUT2D eigenvalue weighted by atomic mass is 10.1. The maximum Gasteiger partial charge on any atom is -0.0351 e. The van der Waals surface area contributed by atoms with Gasteiger partial charge in [0.1, 0.15) is 0 Å². The first-order valence-electron chi connectivity index (χ1n) is 8.86. The molecule has 0 nitrogen and oxygen atoms in total. The second-order valence-electron chi connectivity index (χ2n) is 5.79. The molecule has 0 heterocycles. The zero-order chi connectivity index (χ0) is 14.0. The van der Waals surface area contributed by atoms with Crippen LogP contribution < -0.4 is 0 Å². The zero-order valence-corrected chi connectivity index (χ0v) is 13.5. The highest BCUT2D eigenvalue weighted by atomic mass is 14.0. The Hall–Kier alpha value is -0.260. The molecule has 1 radical (unpaired) electrons. The molecular weight excluding hydrogens is 228 g/mol. The van der Waals surface area contributed by atoms with Crippen molar-refractivity contribution in [3.05, 3.63) is 19.1 Å². The van der Waals surface area contributed by atoms with Crippen LogP contribution in [-0.4, -0.2) is 0 Å². The lowest BCUT2D eigenvalue weighted by Gasteiger charge is -2.01. The SMILES string of the molecule is [CH2]CCCCC=CCCCCCCCCCCCC. The predicted molar refractivity (Wildman–Crippen MR) is 89.4 cm³/mol. The average Bonchev–Trinajstić information content (AvgIpc) is 2.43. The van der Waals surface area contributed by atoms with Gasteiger partial charge in [0, 0.05) is 0 Å². The number of allylic oxidation sites excluding steroid dienone is 2. The van der Waals surface area contributed by atoms with Crippen LogP contribution in [0.1, 0.15) is 103 Å². The molecule has 0 spiro atoms. The molecule has 0 aromatic carbocycles. The van der Waals surface area contributed by atoms with Crippen molar-refractivity contribution in [3.8, 4) is 0 Å². The first-order valence-corrected chi connectivity index (χ1v) is 8.86. The third-order valence-corrected chi connectivity index (χ3v) is 3.76. The summed E-state index contributed by atoms with van der Waals surface area (Å²) in [6.45, 7) is 6.15. The Morgan fingerprint density at radius 3 is 1.47 bits per heavy atom. The molecule has 0 aromatic heterocycles. The van der Waals surface area contributed by atoms with E-state index in [0.717, 1.165) is 6.42 Å². The van der Waals surface area contributed by atoms with Crippen molar-refractivity contribution in [1.29, 1.82) is 0 Å². The molecule has 0 amide bonds. The highest BCUT2D eigenvalue weighted by molar-refractivity contribution is 4.81. The fourth-order valence-corrected chi connectivity index (χ4v) is 2.42. The van der Waals surface area contributed by atoms with Crippen molar-refractivity contribution < 1.29 is 0 Å². The number of hydrogen-bond donors (Lipinski definition) is 0. The summed E-state index contributed by atoms with van der Waals surface area (Å²) in [5.74, 6) is 0. The number of rotatable bonds is 15. The molecule has 0 aliphatic carbocycles. The van der Waals surface area contributed by atoms with E-state index in [1.807, 2.05) is 0 Å². The fourth-order valence-electron chi connectivity index (χ4n) is 2.42. The summed E-state index contributed by atoms with van der Waals surface area (Å²) >= 11 is 0. The Morgan fingerprint density at radius 1 is 0.579 bits per heavy atom. The molecule has 0 heteroatoms. The Labute approximate surface area is 123 Å². The molecule has 0 saturated heterocycles. The van der Waals surface area contributed by atoms with Crippen LogP contribution in [-0.2, 0) is 0 Å². The van der Waals surface area contributed by atoms with E-state index < -0.39 is 0 Å². The molecule has 0 aromatic rings. The molecular formula is C19H37. The van der Waals surface area contributed by atoms with Crippen molar-refractivity contribution >= 4 is 0 Å². The van der Waals surface area contributed by atoms with Gasteiger partial charge in [-0.25, -0.2) is 0 Å². The lowest BCUT2D eigenvalue weighted by Crippen LogP contribution is -1.81. The van der Waals surface area contributed by atoms with Gasteiger partial charge in [-0.2, -0.15) is 0 Å². The molecule has 0 saturated carbocycles. The standard InChI is InChI=1S/C19H37/c1-3-5-7-9-11-13-15-17-19-18-16-14-12-10-8-6-4-2/h11,13H,1,3-10,12,14-19H2,2H3. The van der Waals surface area contributed by atoms with E-state index >= 15 is 0 Å². The molecule has 0 atom stereocenters. The van der Waals surface area contributed by atoms with Gasteiger partial charge in [-0.3, -0.25) is 0 Å². The van der Waals surface area contributed by atoms with Gasteiger partial charge in [-0.15, -0.1) is 0 Å². The van der Waals surface area contributed by atoms with Gasteiger partial charge in [-0.05, 0) is 25.7 Å². The highest BCUT2D eigenvalue weighted by Gasteiger charge is 1.91. The molecule has 0 bridgehead atoms. The van der Waals surface area contributed by atoms with Gasteiger partial charge >= 0.3 is 0 Å². The molecule has 0 aliphatic rings. The van der Waals surface area contributed by atoms with Crippen molar-refractivity contribution in [2.45, 2.75) is 103 Å². The van der Waals surface area contributed by atoms with Crippen LogP contribution in [0.2, 0.25) is 0 Å². The topological polar surface area (TPSA) is 0 Å². The smallest absolute Gasteiger partial charge is 0.0351 e. The second kappa shape index (κ2) is 17.7. The summed E-state index contributed by atoms with van der Waals surface area (Å²) in [7, 11) is 0. The molecule has 0 N–H and O–H groups in total. The highest BCUT2D eigenvalue weighted by Crippen LogP contribution is 2.11. The Morgan fingerprint density at radius 2 is 1.00 bits per heavy atom. The summed E-state index contributed by atoms with van der Waals surface area (Å²) in [4.78, 5) is 0. The molecule has 19 heavy (non-hydrogen) atoms. The lowest BCUT2D eigenvalue weighted by molar-refractivity contribution is 0.557. The molecule has 0 fully saturated rings. The quantitative estimate of drug-likeness (QED) is 0.216. The first-order chi connectivity index (χ1) is 9.41. The van der Waals surface area contributed by atoms with Crippen LogP contribution in [0.4, 0.5) is 0 Å². The second-order valence-corrected chi connectivity index (χ2v) is 5.79. The third kappa shape index (κ3) is 17.7. The molecule has 0 aliphatic heterocycles. The minimum absolute atomic E-state index is 1.09. The number of unbranched alkanes of at least 4 members (excludes halogenated alkanes) is 13. The zero-order valence-electron chi connectivity index (χ0n) is 13.5. The van der Waals surface area contributed by atoms with Crippen molar-refractivity contribution in [1.82, 2.24) is 0 Å². The third-order valence-electron chi connectivity index (χ3n) is 3.76. The summed E-state index contributed by atoms with van der Waals surface area (Å²) in [5, 5.41) is 0. The molecule has 0 rings (SSSR count). The predicted octanol–water partition coefficient (Wildman–Crippen LogP) is 7.25. The maximum atomic E-state index is 3.87. The maximum absolute atomic E-state index is 3.87. The van der Waals surface area contributed by atoms with Crippen molar-refractivity contribution in [2.24, 2.45) is 0 Å². The fraction of sp³-hybridized carbons (Fsp3) is 0.842. The van der Waals surface area contributed by atoms with Crippen LogP contribution in [0.25, 0.3) is 0 Å². The van der Waals surface area contributed by atoms with Gasteiger partial charge in [0.15, 0.2) is 0 Å². The van der Waals surface area contributed by atoms with Crippen LogP contribution in [0.5, 0.6) is 0 Å². The monoisotopic (exact) mass is 265 g/mol. The van der Waals surface area contributed by atoms with Gasteiger partial charge in [0.2, 0.25) is 0 Å². The van der Waals surface area contributed by atoms with Gasteiger partial charge in [-0.1, -0.05) is 96.6 Å². The van der Waals surface area contributed by atoms with E-state index in [1.165, 1.54) is 89.9 Å². The Balaban J connectivity index is 2.98. The van der Waals surface area contributed by atoms with Gasteiger partial charge < -0.3 is 0 Å². The van der Waals surface area contributed by atoms with Crippen LogP contribution in [0.3, 0.4) is 0 Å². The van der Waals surface area contributed by atoms with E-state index in [-0.39, 0.29) is 0 Å². The Bertz CT molecular complexity index is 169. The van der Waals surface area contributed by atoms with Crippen molar-refractivity contribution in [2.75, 3.05) is 0 Å². The van der Waals surface area contributed by atoms with Crippen LogP contribution in [0.15, 0.2) is 12.2 Å². The summed E-state index contributed by atoms with van der Waals surface area (Å²) < 4.78 is 0. The van der Waals surface area contributed by atoms with Crippen molar-refractivity contribution in [3.63, 3.8) is 0 Å². The Kier molecular flexibility index (Phi) is 17.5. The van der Waals surface area contributed by atoms with E-state index in [1.54, 1.807) is 0 Å². The molecule has 113 valence electrons. The van der Waals surface area contributed by atoms with E-state index in [4.69, 9.17) is 0 Å². The normalized spacial score (nSPS) is 11.5. The average molecular weight is 266 g/mol. The van der Waals surface area contributed by atoms with Crippen LogP contribution >= 0.6 is 0 Å². The summed E-state index contributed by atoms with van der Waals surface area (Å²) in [6.07, 6.45) is 25.3. The molecule has 0 unspecified atom stereocenters. The van der Waals surface area contributed by atoms with E-state index in [2.05, 4.69) is 26.0 Å². The first kappa shape index (κ1) is 18.7. The van der Waals surface area contributed by atoms with E-state index in [0.29, 0.717) is 0 Å². The number of hydrogen-bond acceptors (Lipinski definition) is 0. The largest absolute Gasteiger partial charge is 0.0885 e. The van der Waals surface area contributed by atoms with E-state index in [9.17, 15) is 0 Å². The summed E-state index contributed by atoms with van der Waals surface area (Å²) in [6, 6.07) is 0. The van der Waals surface area contributed by atoms with Gasteiger partial charge in [0.25, 0.3) is 0 Å². The minimum atomic E-state index is 1.09. The minimum Gasteiger partial charge on any atom is -0.0885 e.